The Morgan fingerprint density at radius 2 is 2.24 bits per heavy atom. The van der Waals surface area contributed by atoms with Crippen LogP contribution in [0.1, 0.15) is 42.7 Å². The van der Waals surface area contributed by atoms with Crippen molar-refractivity contribution in [2.24, 2.45) is 5.92 Å². The fourth-order valence-corrected chi connectivity index (χ4v) is 2.99. The number of nitrogens with one attached hydrogen (secondary N) is 1. The van der Waals surface area contributed by atoms with Crippen LogP contribution in [-0.2, 0) is 13.0 Å². The maximum absolute atomic E-state index is 12.3. The Morgan fingerprint density at radius 1 is 1.48 bits per heavy atom. The van der Waals surface area contributed by atoms with Crippen LogP contribution in [0.4, 0.5) is 10.8 Å². The molecule has 0 atom stereocenters. The quantitative estimate of drug-likeness (QED) is 0.859. The monoisotopic (exact) mass is 307 g/mol. The lowest BCUT2D eigenvalue weighted by atomic mass is 10.1. The molecular formula is C14H21N5OS. The van der Waals surface area contributed by atoms with Gasteiger partial charge < -0.3 is 10.3 Å². The van der Waals surface area contributed by atoms with Gasteiger partial charge in [-0.2, -0.15) is 0 Å². The van der Waals surface area contributed by atoms with Crippen LogP contribution in [0.25, 0.3) is 0 Å². The number of carbonyl (C=O) groups excluding carboxylic acids is 1. The van der Waals surface area contributed by atoms with Crippen molar-refractivity contribution >= 4 is 28.1 Å². The predicted molar refractivity (Wildman–Crippen MR) is 85.5 cm³/mol. The smallest absolute Gasteiger partial charge is 0.274 e. The van der Waals surface area contributed by atoms with Gasteiger partial charge in [-0.05, 0) is 18.4 Å². The van der Waals surface area contributed by atoms with Gasteiger partial charge in [0.15, 0.2) is 0 Å². The Bertz CT molecular complexity index is 617. The summed E-state index contributed by atoms with van der Waals surface area (Å²) in [5.41, 5.74) is 6.91. The molecule has 1 amide bonds. The Hall–Kier alpha value is -1.89. The van der Waals surface area contributed by atoms with Crippen molar-refractivity contribution in [2.75, 3.05) is 11.1 Å². The van der Waals surface area contributed by atoms with Gasteiger partial charge in [0, 0.05) is 19.2 Å². The van der Waals surface area contributed by atoms with Gasteiger partial charge in [0.05, 0.1) is 5.69 Å². The molecule has 3 N–H and O–H groups in total. The van der Waals surface area contributed by atoms with Crippen LogP contribution in [0.3, 0.4) is 0 Å². The second-order valence-electron chi connectivity index (χ2n) is 5.41. The molecule has 6 nitrogen and oxygen atoms in total. The van der Waals surface area contributed by atoms with E-state index in [4.69, 9.17) is 5.73 Å². The van der Waals surface area contributed by atoms with E-state index in [9.17, 15) is 4.79 Å². The molecule has 0 aliphatic heterocycles. The van der Waals surface area contributed by atoms with Crippen LogP contribution in [-0.4, -0.2) is 20.7 Å². The highest BCUT2D eigenvalue weighted by Gasteiger charge is 2.15. The first kappa shape index (κ1) is 15.5. The Balaban J connectivity index is 2.09. The summed E-state index contributed by atoms with van der Waals surface area (Å²) < 4.78 is 1.86. The normalized spacial score (nSPS) is 11.0. The number of aryl methyl sites for hydroxylation is 1. The molecule has 2 rings (SSSR count). The molecule has 2 aromatic heterocycles. The third-order valence-corrected chi connectivity index (χ3v) is 3.75. The van der Waals surface area contributed by atoms with E-state index in [2.05, 4.69) is 36.3 Å². The maximum atomic E-state index is 12.3. The fraction of sp³-hybridized carbons (Fsp3) is 0.500. The number of hydrogen-bond acceptors (Lipinski definition) is 5. The highest BCUT2D eigenvalue weighted by atomic mass is 32.1. The summed E-state index contributed by atoms with van der Waals surface area (Å²) in [6.45, 7) is 7.07. The molecule has 2 heterocycles. The lowest BCUT2D eigenvalue weighted by molar-refractivity contribution is 0.101. The van der Waals surface area contributed by atoms with Gasteiger partial charge in [-0.15, -0.1) is 10.2 Å². The average Bonchev–Trinajstić information content (AvgIpc) is 2.96. The summed E-state index contributed by atoms with van der Waals surface area (Å²) in [5.74, 6) is 0.315. The molecule has 0 bridgehead atoms. The van der Waals surface area contributed by atoms with Crippen molar-refractivity contribution in [1.82, 2.24) is 14.8 Å². The molecule has 21 heavy (non-hydrogen) atoms. The van der Waals surface area contributed by atoms with Crippen LogP contribution >= 0.6 is 11.3 Å². The van der Waals surface area contributed by atoms with Crippen molar-refractivity contribution in [1.29, 1.82) is 0 Å². The van der Waals surface area contributed by atoms with Crippen LogP contribution in [0.15, 0.2) is 12.3 Å². The van der Waals surface area contributed by atoms with Crippen molar-refractivity contribution in [3.8, 4) is 0 Å². The van der Waals surface area contributed by atoms with Crippen molar-refractivity contribution in [2.45, 2.75) is 40.2 Å². The summed E-state index contributed by atoms with van der Waals surface area (Å²) in [6.07, 6.45) is 3.58. The maximum Gasteiger partial charge on any atom is 0.274 e. The number of aromatic nitrogens is 3. The minimum atomic E-state index is -0.201. The summed E-state index contributed by atoms with van der Waals surface area (Å²) in [6, 6.07) is 1.68. The number of rotatable bonds is 6. The van der Waals surface area contributed by atoms with Gasteiger partial charge in [0.2, 0.25) is 5.13 Å². The lowest BCUT2D eigenvalue weighted by Crippen LogP contribution is -2.16. The molecule has 0 spiro atoms. The average molecular weight is 307 g/mol. The molecule has 2 aromatic rings. The molecule has 0 aromatic carbocycles. The molecule has 0 radical (unpaired) electrons. The van der Waals surface area contributed by atoms with Crippen molar-refractivity contribution < 1.29 is 4.79 Å². The Labute approximate surface area is 128 Å². The topological polar surface area (TPSA) is 85.8 Å². The lowest BCUT2D eigenvalue weighted by Gasteiger charge is -2.06. The van der Waals surface area contributed by atoms with Crippen LogP contribution < -0.4 is 11.1 Å². The molecule has 0 fully saturated rings. The van der Waals surface area contributed by atoms with Gasteiger partial charge in [-0.25, -0.2) is 0 Å². The zero-order valence-corrected chi connectivity index (χ0v) is 13.4. The summed E-state index contributed by atoms with van der Waals surface area (Å²) in [4.78, 5) is 12.3. The zero-order valence-electron chi connectivity index (χ0n) is 12.6. The molecule has 0 saturated carbocycles. The fourth-order valence-electron chi connectivity index (χ4n) is 2.05. The standard InChI is InChI=1S/C14H21N5OS/c1-4-5-19-8-10(15)7-11(19)13(20)16-14-18-17-12(21-14)6-9(2)3/h7-9H,4-6,15H2,1-3H3,(H,16,18,20). The first-order valence-electron chi connectivity index (χ1n) is 7.09. The SMILES string of the molecule is CCCn1cc(N)cc1C(=O)Nc1nnc(CC(C)C)s1. The third kappa shape index (κ3) is 4.04. The number of nitrogens with two attached hydrogens (primary N) is 1. The summed E-state index contributed by atoms with van der Waals surface area (Å²) >= 11 is 1.42. The van der Waals surface area contributed by atoms with E-state index in [1.807, 2.05) is 4.57 Å². The van der Waals surface area contributed by atoms with E-state index < -0.39 is 0 Å². The van der Waals surface area contributed by atoms with Gasteiger partial charge in [0.1, 0.15) is 10.7 Å². The van der Waals surface area contributed by atoms with Crippen LogP contribution in [0.2, 0.25) is 0 Å². The second kappa shape index (κ2) is 6.71. The minimum absolute atomic E-state index is 0.201. The zero-order chi connectivity index (χ0) is 15.4. The van der Waals surface area contributed by atoms with E-state index in [0.717, 1.165) is 24.4 Å². The van der Waals surface area contributed by atoms with E-state index >= 15 is 0 Å². The molecule has 7 heteroatoms. The predicted octanol–water partition coefficient (Wildman–Crippen LogP) is 2.78. The van der Waals surface area contributed by atoms with Crippen molar-refractivity contribution in [3.63, 3.8) is 0 Å². The molecule has 0 aliphatic carbocycles. The molecule has 0 unspecified atom stereocenters. The van der Waals surface area contributed by atoms with Crippen molar-refractivity contribution in [3.05, 3.63) is 23.0 Å². The summed E-state index contributed by atoms with van der Waals surface area (Å²) in [5, 5.41) is 12.4. The van der Waals surface area contributed by atoms with Gasteiger partial charge >= 0.3 is 0 Å². The molecule has 0 aliphatic rings. The number of nitrogen functional groups attached to an aromatic ring is 1. The Morgan fingerprint density at radius 3 is 2.90 bits per heavy atom. The number of hydrogen-bond donors (Lipinski definition) is 2. The van der Waals surface area contributed by atoms with E-state index in [1.54, 1.807) is 12.3 Å². The largest absolute Gasteiger partial charge is 0.397 e. The molecule has 114 valence electrons. The summed E-state index contributed by atoms with van der Waals surface area (Å²) in [7, 11) is 0. The third-order valence-electron chi connectivity index (χ3n) is 2.89. The minimum Gasteiger partial charge on any atom is -0.397 e. The first-order valence-corrected chi connectivity index (χ1v) is 7.90. The second-order valence-corrected chi connectivity index (χ2v) is 6.47. The Kier molecular flexibility index (Phi) is 4.95. The van der Waals surface area contributed by atoms with Crippen LogP contribution in [0, 0.1) is 5.92 Å². The molecular weight excluding hydrogens is 286 g/mol. The molecule has 0 saturated heterocycles. The van der Waals surface area contributed by atoms with E-state index in [1.165, 1.54) is 11.3 Å². The van der Waals surface area contributed by atoms with E-state index in [0.29, 0.717) is 22.4 Å². The highest BCUT2D eigenvalue weighted by Crippen LogP contribution is 2.20. The number of anilines is 2. The number of nitrogens with zero attached hydrogens (tertiary/aromatic N) is 3. The van der Waals surface area contributed by atoms with Gasteiger partial charge in [-0.3, -0.25) is 10.1 Å². The number of amides is 1. The van der Waals surface area contributed by atoms with Gasteiger partial charge in [0.25, 0.3) is 5.91 Å². The number of carbonyl (C=O) groups is 1. The first-order chi connectivity index (χ1) is 9.99. The highest BCUT2D eigenvalue weighted by molar-refractivity contribution is 7.15. The van der Waals surface area contributed by atoms with Gasteiger partial charge in [-0.1, -0.05) is 32.1 Å². The van der Waals surface area contributed by atoms with E-state index in [-0.39, 0.29) is 5.91 Å². The van der Waals surface area contributed by atoms with Crippen LogP contribution in [0.5, 0.6) is 0 Å².